The Kier molecular flexibility index (Phi) is 6.24. The van der Waals surface area contributed by atoms with Crippen LogP contribution in [-0.2, 0) is 0 Å². The number of nitrogens with zero attached hydrogens (tertiary/aromatic N) is 2. The van der Waals surface area contributed by atoms with Crippen molar-refractivity contribution in [2.45, 2.75) is 13.8 Å². The zero-order valence-corrected chi connectivity index (χ0v) is 16.5. The summed E-state index contributed by atoms with van der Waals surface area (Å²) in [6, 6.07) is 11.0. The molecule has 0 aromatic heterocycles. The highest BCUT2D eigenvalue weighted by atomic mass is 35.5. The summed E-state index contributed by atoms with van der Waals surface area (Å²) >= 11 is 6.20. The molecule has 27 heavy (non-hydrogen) atoms. The van der Waals surface area contributed by atoms with E-state index in [0.717, 1.165) is 60.3 Å². The molecule has 144 valence electrons. The van der Waals surface area contributed by atoms with Gasteiger partial charge in [-0.1, -0.05) is 11.6 Å². The molecule has 1 N–H and O–H groups in total. The molecule has 0 spiro atoms. The van der Waals surface area contributed by atoms with E-state index in [2.05, 4.69) is 9.80 Å². The van der Waals surface area contributed by atoms with Gasteiger partial charge in [-0.3, -0.25) is 4.90 Å². The number of benzene rings is 2. The first-order valence-electron chi connectivity index (χ1n) is 9.14. The van der Waals surface area contributed by atoms with Crippen LogP contribution >= 0.6 is 11.6 Å². The van der Waals surface area contributed by atoms with E-state index >= 15 is 0 Å². The van der Waals surface area contributed by atoms with Gasteiger partial charge in [0, 0.05) is 43.4 Å². The van der Waals surface area contributed by atoms with Gasteiger partial charge in [0.1, 0.15) is 12.4 Å². The van der Waals surface area contributed by atoms with Gasteiger partial charge in [-0.25, -0.2) is 4.79 Å². The van der Waals surface area contributed by atoms with Gasteiger partial charge in [-0.15, -0.1) is 0 Å². The van der Waals surface area contributed by atoms with Crippen molar-refractivity contribution < 1.29 is 14.6 Å². The van der Waals surface area contributed by atoms with E-state index in [-0.39, 0.29) is 0 Å². The zero-order chi connectivity index (χ0) is 19.4. The minimum atomic E-state index is -0.891. The van der Waals surface area contributed by atoms with Crippen molar-refractivity contribution in [2.24, 2.45) is 0 Å². The molecule has 0 saturated carbocycles. The van der Waals surface area contributed by atoms with E-state index in [4.69, 9.17) is 21.4 Å². The number of anilines is 1. The van der Waals surface area contributed by atoms with Crippen LogP contribution in [0, 0.1) is 13.8 Å². The first kappa shape index (κ1) is 19.5. The predicted octanol–water partition coefficient (Wildman–Crippen LogP) is 3.86. The molecule has 2 aromatic carbocycles. The summed E-state index contributed by atoms with van der Waals surface area (Å²) in [6.45, 7) is 9.28. The second kappa shape index (κ2) is 8.63. The van der Waals surface area contributed by atoms with E-state index in [1.807, 2.05) is 38.1 Å². The highest BCUT2D eigenvalue weighted by Crippen LogP contribution is 2.26. The van der Waals surface area contributed by atoms with Crippen LogP contribution < -0.4 is 9.64 Å². The molecule has 1 fully saturated rings. The fourth-order valence-corrected chi connectivity index (χ4v) is 3.44. The van der Waals surface area contributed by atoms with Gasteiger partial charge in [0.15, 0.2) is 0 Å². The third kappa shape index (κ3) is 4.93. The van der Waals surface area contributed by atoms with Gasteiger partial charge >= 0.3 is 5.97 Å². The number of halogens is 1. The van der Waals surface area contributed by atoms with Gasteiger partial charge in [0.2, 0.25) is 0 Å². The maximum absolute atomic E-state index is 10.9. The van der Waals surface area contributed by atoms with Crippen LogP contribution in [0.25, 0.3) is 0 Å². The lowest BCUT2D eigenvalue weighted by Crippen LogP contribution is -2.47. The summed E-state index contributed by atoms with van der Waals surface area (Å²) in [5.74, 6) is -0.0241. The number of hydrogen-bond acceptors (Lipinski definition) is 4. The number of carbonyl (C=O) groups is 1. The van der Waals surface area contributed by atoms with Crippen molar-refractivity contribution in [1.29, 1.82) is 0 Å². The van der Waals surface area contributed by atoms with E-state index in [0.29, 0.717) is 12.2 Å². The number of aryl methyl sites for hydroxylation is 2. The molecule has 0 unspecified atom stereocenters. The summed E-state index contributed by atoms with van der Waals surface area (Å²) < 4.78 is 5.90. The fourth-order valence-electron chi connectivity index (χ4n) is 3.33. The van der Waals surface area contributed by atoms with Crippen molar-refractivity contribution in [1.82, 2.24) is 4.90 Å². The number of ether oxygens (including phenoxy) is 1. The summed E-state index contributed by atoms with van der Waals surface area (Å²) in [5.41, 5.74) is 3.47. The minimum Gasteiger partial charge on any atom is -0.492 e. The standard InChI is InChI=1S/C21H25ClN2O3/c1-15-13-19(14-16(2)20(15)22)27-12-11-23-7-9-24(10-8-23)18-5-3-17(4-6-18)21(25)26/h3-6,13-14H,7-12H2,1-2H3,(H,25,26). The number of aromatic carboxylic acids is 1. The van der Waals surface area contributed by atoms with Crippen LogP contribution in [0.4, 0.5) is 5.69 Å². The lowest BCUT2D eigenvalue weighted by molar-refractivity contribution is 0.0697. The number of hydrogen-bond donors (Lipinski definition) is 1. The molecule has 1 aliphatic rings. The number of carboxylic acids is 1. The maximum atomic E-state index is 10.9. The lowest BCUT2D eigenvalue weighted by atomic mass is 10.1. The van der Waals surface area contributed by atoms with Gasteiger partial charge < -0.3 is 14.7 Å². The molecule has 0 aliphatic carbocycles. The van der Waals surface area contributed by atoms with Crippen LogP contribution in [0.3, 0.4) is 0 Å². The van der Waals surface area contributed by atoms with Crippen LogP contribution in [0.2, 0.25) is 5.02 Å². The molecule has 1 heterocycles. The Morgan fingerprint density at radius 1 is 1.07 bits per heavy atom. The lowest BCUT2D eigenvalue weighted by Gasteiger charge is -2.36. The fraction of sp³-hybridized carbons (Fsp3) is 0.381. The van der Waals surface area contributed by atoms with Gasteiger partial charge in [0.05, 0.1) is 5.56 Å². The van der Waals surface area contributed by atoms with Crippen molar-refractivity contribution in [3.05, 3.63) is 58.1 Å². The van der Waals surface area contributed by atoms with E-state index in [1.165, 1.54) is 0 Å². The van der Waals surface area contributed by atoms with Crippen LogP contribution in [0.1, 0.15) is 21.5 Å². The van der Waals surface area contributed by atoms with Crippen molar-refractivity contribution in [3.8, 4) is 5.75 Å². The van der Waals surface area contributed by atoms with Gasteiger partial charge in [0.25, 0.3) is 0 Å². The molecular formula is C21H25ClN2O3. The number of carboxylic acid groups (broad SMARTS) is 1. The van der Waals surface area contributed by atoms with Crippen molar-refractivity contribution >= 4 is 23.3 Å². The van der Waals surface area contributed by atoms with Crippen LogP contribution in [0.5, 0.6) is 5.75 Å². The second-order valence-electron chi connectivity index (χ2n) is 6.90. The monoisotopic (exact) mass is 388 g/mol. The van der Waals surface area contributed by atoms with E-state index < -0.39 is 5.97 Å². The summed E-state index contributed by atoms with van der Waals surface area (Å²) in [7, 11) is 0. The molecule has 5 nitrogen and oxygen atoms in total. The van der Waals surface area contributed by atoms with Gasteiger partial charge in [-0.05, 0) is 61.4 Å². The molecule has 0 bridgehead atoms. The number of piperazine rings is 1. The first-order valence-corrected chi connectivity index (χ1v) is 9.52. The Balaban J connectivity index is 1.45. The smallest absolute Gasteiger partial charge is 0.335 e. The highest BCUT2D eigenvalue weighted by molar-refractivity contribution is 6.32. The van der Waals surface area contributed by atoms with Gasteiger partial charge in [-0.2, -0.15) is 0 Å². The van der Waals surface area contributed by atoms with Crippen LogP contribution in [0.15, 0.2) is 36.4 Å². The first-order chi connectivity index (χ1) is 12.9. The molecule has 3 rings (SSSR count). The van der Waals surface area contributed by atoms with Crippen LogP contribution in [-0.4, -0.2) is 55.3 Å². The summed E-state index contributed by atoms with van der Waals surface area (Å²) in [5, 5.41) is 9.79. The molecule has 1 aliphatic heterocycles. The minimum absolute atomic E-state index is 0.321. The Morgan fingerprint density at radius 3 is 2.22 bits per heavy atom. The third-order valence-electron chi connectivity index (χ3n) is 4.94. The number of rotatable bonds is 6. The van der Waals surface area contributed by atoms with E-state index in [1.54, 1.807) is 12.1 Å². The zero-order valence-electron chi connectivity index (χ0n) is 15.7. The topological polar surface area (TPSA) is 53.0 Å². The molecular weight excluding hydrogens is 364 g/mol. The molecule has 2 aromatic rings. The SMILES string of the molecule is Cc1cc(OCCN2CCN(c3ccc(C(=O)O)cc3)CC2)cc(C)c1Cl. The van der Waals surface area contributed by atoms with E-state index in [9.17, 15) is 4.79 Å². The summed E-state index contributed by atoms with van der Waals surface area (Å²) in [6.07, 6.45) is 0. The Labute approximate surface area is 165 Å². The highest BCUT2D eigenvalue weighted by Gasteiger charge is 2.17. The quantitative estimate of drug-likeness (QED) is 0.814. The normalized spacial score (nSPS) is 15.0. The molecule has 0 radical (unpaired) electrons. The molecule has 0 atom stereocenters. The predicted molar refractivity (Wildman–Crippen MR) is 108 cm³/mol. The Morgan fingerprint density at radius 2 is 1.67 bits per heavy atom. The Bertz CT molecular complexity index is 777. The molecule has 0 amide bonds. The third-order valence-corrected chi connectivity index (χ3v) is 5.53. The molecule has 1 saturated heterocycles. The van der Waals surface area contributed by atoms with Crippen molar-refractivity contribution in [2.75, 3.05) is 44.2 Å². The second-order valence-corrected chi connectivity index (χ2v) is 7.28. The molecule has 6 heteroatoms. The average Bonchev–Trinajstić information content (AvgIpc) is 2.66. The largest absolute Gasteiger partial charge is 0.492 e. The maximum Gasteiger partial charge on any atom is 0.335 e. The average molecular weight is 389 g/mol. The summed E-state index contributed by atoms with van der Waals surface area (Å²) in [4.78, 5) is 15.6. The Hall–Kier alpha value is -2.24. The van der Waals surface area contributed by atoms with Crippen molar-refractivity contribution in [3.63, 3.8) is 0 Å².